The van der Waals surface area contributed by atoms with Gasteiger partial charge in [0, 0.05) is 6.61 Å². The summed E-state index contributed by atoms with van der Waals surface area (Å²) < 4.78 is 10.8. The van der Waals surface area contributed by atoms with Crippen molar-refractivity contribution in [1.29, 1.82) is 0 Å². The van der Waals surface area contributed by atoms with Crippen molar-refractivity contribution in [3.8, 4) is 0 Å². The molecule has 1 aromatic rings. The Balaban J connectivity index is 2.13. The van der Waals surface area contributed by atoms with E-state index < -0.39 is 11.6 Å². The third-order valence-corrected chi connectivity index (χ3v) is 2.62. The van der Waals surface area contributed by atoms with Crippen LogP contribution in [0.5, 0.6) is 0 Å². The summed E-state index contributed by atoms with van der Waals surface area (Å²) in [6.07, 6.45) is 1.32. The summed E-state index contributed by atoms with van der Waals surface area (Å²) >= 11 is 0. The Hall–Kier alpha value is -1.39. The van der Waals surface area contributed by atoms with Gasteiger partial charge in [-0.1, -0.05) is 30.3 Å². The number of nitrogens with two attached hydrogens (primary N) is 1. The predicted molar refractivity (Wildman–Crippen MR) is 79.2 cm³/mol. The molecular weight excluding hydrogens is 254 g/mol. The van der Waals surface area contributed by atoms with Gasteiger partial charge in [0.05, 0.1) is 6.61 Å². The van der Waals surface area contributed by atoms with Gasteiger partial charge >= 0.3 is 5.97 Å². The van der Waals surface area contributed by atoms with E-state index in [9.17, 15) is 4.79 Å². The SMILES string of the molecule is CC(C)(C)OC(=O)C(N)CCCOCc1ccccc1. The molecule has 4 heteroatoms. The lowest BCUT2D eigenvalue weighted by Crippen LogP contribution is -2.37. The molecule has 0 saturated heterocycles. The largest absolute Gasteiger partial charge is 0.459 e. The van der Waals surface area contributed by atoms with Crippen molar-refractivity contribution in [3.05, 3.63) is 35.9 Å². The number of carbonyl (C=O) groups is 1. The first-order valence-electron chi connectivity index (χ1n) is 6.98. The quantitative estimate of drug-likeness (QED) is 0.615. The molecular formula is C16H25NO3. The maximum Gasteiger partial charge on any atom is 0.323 e. The Bertz CT molecular complexity index is 398. The highest BCUT2D eigenvalue weighted by Crippen LogP contribution is 2.10. The summed E-state index contributed by atoms with van der Waals surface area (Å²) in [6, 6.07) is 9.41. The van der Waals surface area contributed by atoms with Crippen molar-refractivity contribution < 1.29 is 14.3 Å². The normalized spacial score (nSPS) is 13.0. The van der Waals surface area contributed by atoms with Gasteiger partial charge in [-0.05, 0) is 39.2 Å². The van der Waals surface area contributed by atoms with E-state index in [1.807, 2.05) is 51.1 Å². The maximum atomic E-state index is 11.7. The lowest BCUT2D eigenvalue weighted by atomic mass is 10.1. The van der Waals surface area contributed by atoms with Crippen LogP contribution in [0, 0.1) is 0 Å². The van der Waals surface area contributed by atoms with E-state index >= 15 is 0 Å². The van der Waals surface area contributed by atoms with Gasteiger partial charge in [-0.3, -0.25) is 4.79 Å². The van der Waals surface area contributed by atoms with Crippen LogP contribution in [0.25, 0.3) is 0 Å². The van der Waals surface area contributed by atoms with Gasteiger partial charge in [0.25, 0.3) is 0 Å². The summed E-state index contributed by atoms with van der Waals surface area (Å²) in [5, 5.41) is 0. The summed E-state index contributed by atoms with van der Waals surface area (Å²) in [4.78, 5) is 11.7. The number of hydrogen-bond acceptors (Lipinski definition) is 4. The number of ether oxygens (including phenoxy) is 2. The molecule has 0 aliphatic rings. The van der Waals surface area contributed by atoms with E-state index in [1.54, 1.807) is 0 Å². The van der Waals surface area contributed by atoms with E-state index in [0.29, 0.717) is 19.6 Å². The molecule has 0 bridgehead atoms. The number of esters is 1. The number of carbonyl (C=O) groups excluding carboxylic acids is 1. The minimum Gasteiger partial charge on any atom is -0.459 e. The lowest BCUT2D eigenvalue weighted by Gasteiger charge is -2.22. The van der Waals surface area contributed by atoms with Crippen LogP contribution < -0.4 is 5.73 Å². The molecule has 0 saturated carbocycles. The molecule has 0 amide bonds. The molecule has 112 valence electrons. The second kappa shape index (κ2) is 8.02. The van der Waals surface area contributed by atoms with Gasteiger partial charge in [-0.2, -0.15) is 0 Å². The predicted octanol–water partition coefficient (Wildman–Crippen LogP) is 2.65. The zero-order valence-corrected chi connectivity index (χ0v) is 12.6. The molecule has 4 nitrogen and oxygen atoms in total. The summed E-state index contributed by atoms with van der Waals surface area (Å²) in [6.45, 7) is 6.68. The molecule has 0 radical (unpaired) electrons. The Morgan fingerprint density at radius 1 is 1.25 bits per heavy atom. The zero-order chi connectivity index (χ0) is 15.0. The fourth-order valence-corrected chi connectivity index (χ4v) is 1.66. The molecule has 0 spiro atoms. The average molecular weight is 279 g/mol. The summed E-state index contributed by atoms with van der Waals surface area (Å²) in [5.41, 5.74) is 6.44. The Morgan fingerprint density at radius 2 is 1.90 bits per heavy atom. The van der Waals surface area contributed by atoms with Crippen molar-refractivity contribution in [1.82, 2.24) is 0 Å². The fourth-order valence-electron chi connectivity index (χ4n) is 1.66. The topological polar surface area (TPSA) is 61.5 Å². The molecule has 0 aliphatic heterocycles. The van der Waals surface area contributed by atoms with Gasteiger partial charge in [-0.25, -0.2) is 0 Å². The first-order chi connectivity index (χ1) is 9.38. The second-order valence-corrected chi connectivity index (χ2v) is 5.82. The standard InChI is InChI=1S/C16H25NO3/c1-16(2,3)20-15(18)14(17)10-7-11-19-12-13-8-5-4-6-9-13/h4-6,8-9,14H,7,10-12,17H2,1-3H3. The van der Waals surface area contributed by atoms with Crippen LogP contribution >= 0.6 is 0 Å². The van der Waals surface area contributed by atoms with Gasteiger partial charge in [0.15, 0.2) is 0 Å². The fraction of sp³-hybridized carbons (Fsp3) is 0.562. The zero-order valence-electron chi connectivity index (χ0n) is 12.6. The van der Waals surface area contributed by atoms with Gasteiger partial charge in [0.2, 0.25) is 0 Å². The third-order valence-electron chi connectivity index (χ3n) is 2.62. The van der Waals surface area contributed by atoms with Crippen LogP contribution in [0.2, 0.25) is 0 Å². The second-order valence-electron chi connectivity index (χ2n) is 5.82. The highest BCUT2D eigenvalue weighted by molar-refractivity contribution is 5.75. The minimum atomic E-state index is -0.574. The maximum absolute atomic E-state index is 11.7. The number of benzene rings is 1. The van der Waals surface area contributed by atoms with Gasteiger partial charge < -0.3 is 15.2 Å². The van der Waals surface area contributed by atoms with Crippen LogP contribution in [0.4, 0.5) is 0 Å². The summed E-state index contributed by atoms with van der Waals surface area (Å²) in [7, 11) is 0. The molecule has 2 N–H and O–H groups in total. The van der Waals surface area contributed by atoms with Gasteiger partial charge in [0.1, 0.15) is 11.6 Å². The molecule has 0 heterocycles. The molecule has 1 aromatic carbocycles. The lowest BCUT2D eigenvalue weighted by molar-refractivity contribution is -0.156. The average Bonchev–Trinajstić information content (AvgIpc) is 2.37. The van der Waals surface area contributed by atoms with Crippen molar-refractivity contribution in [2.75, 3.05) is 6.61 Å². The Morgan fingerprint density at radius 3 is 2.50 bits per heavy atom. The van der Waals surface area contributed by atoms with Crippen LogP contribution in [0.1, 0.15) is 39.2 Å². The molecule has 0 aliphatic carbocycles. The third kappa shape index (κ3) is 7.26. The highest BCUT2D eigenvalue weighted by atomic mass is 16.6. The van der Waals surface area contributed by atoms with Crippen molar-refractivity contribution >= 4 is 5.97 Å². The number of hydrogen-bond donors (Lipinski definition) is 1. The minimum absolute atomic E-state index is 0.347. The van der Waals surface area contributed by atoms with E-state index in [0.717, 1.165) is 12.0 Å². The van der Waals surface area contributed by atoms with E-state index in [2.05, 4.69) is 0 Å². The Kier molecular flexibility index (Phi) is 6.68. The van der Waals surface area contributed by atoms with Gasteiger partial charge in [-0.15, -0.1) is 0 Å². The molecule has 0 fully saturated rings. The molecule has 0 aromatic heterocycles. The monoisotopic (exact) mass is 279 g/mol. The van der Waals surface area contributed by atoms with Crippen LogP contribution in [0.15, 0.2) is 30.3 Å². The Labute approximate surface area is 121 Å². The van der Waals surface area contributed by atoms with Crippen molar-refractivity contribution in [2.45, 2.75) is 51.9 Å². The smallest absolute Gasteiger partial charge is 0.323 e. The molecule has 1 unspecified atom stereocenters. The molecule has 20 heavy (non-hydrogen) atoms. The summed E-state index contributed by atoms with van der Waals surface area (Å²) in [5.74, 6) is -0.347. The van der Waals surface area contributed by atoms with Crippen molar-refractivity contribution in [3.63, 3.8) is 0 Å². The molecule has 1 atom stereocenters. The van der Waals surface area contributed by atoms with E-state index in [4.69, 9.17) is 15.2 Å². The first kappa shape index (κ1) is 16.7. The van der Waals surface area contributed by atoms with Crippen LogP contribution in [-0.2, 0) is 20.9 Å². The first-order valence-corrected chi connectivity index (χ1v) is 6.98. The van der Waals surface area contributed by atoms with Crippen molar-refractivity contribution in [2.24, 2.45) is 5.73 Å². The van der Waals surface area contributed by atoms with Crippen LogP contribution in [-0.4, -0.2) is 24.2 Å². The van der Waals surface area contributed by atoms with Crippen LogP contribution in [0.3, 0.4) is 0 Å². The van der Waals surface area contributed by atoms with E-state index in [1.165, 1.54) is 0 Å². The van der Waals surface area contributed by atoms with E-state index in [-0.39, 0.29) is 5.97 Å². The number of rotatable bonds is 7. The molecule has 1 rings (SSSR count). The highest BCUT2D eigenvalue weighted by Gasteiger charge is 2.21.